The molecule has 0 amide bonds. The number of hydrogen-bond donors (Lipinski definition) is 0. The van der Waals surface area contributed by atoms with Gasteiger partial charge in [-0.25, -0.2) is 0 Å². The zero-order chi connectivity index (χ0) is 24.2. The number of aryl methyl sites for hydroxylation is 1. The van der Waals surface area contributed by atoms with Crippen LogP contribution < -0.4 is 28.4 Å². The van der Waals surface area contributed by atoms with Gasteiger partial charge in [0.15, 0.2) is 23.0 Å². The van der Waals surface area contributed by atoms with Crippen LogP contribution in [0.3, 0.4) is 0 Å². The minimum atomic E-state index is 0.307. The SMILES string of the molecule is CCN1C(=CC2=CC(=Cc3sc4cc5c(cc4[n+]3CC)OCO5)CCC2)Sc2cc3c(cc21)OCO3. The fourth-order valence-corrected chi connectivity index (χ4v) is 7.70. The molecule has 0 spiro atoms. The van der Waals surface area contributed by atoms with E-state index in [0.717, 1.165) is 55.4 Å². The predicted octanol–water partition coefficient (Wildman–Crippen LogP) is 6.63. The van der Waals surface area contributed by atoms with E-state index in [1.165, 1.54) is 42.0 Å². The van der Waals surface area contributed by atoms with E-state index in [2.05, 4.69) is 65.8 Å². The van der Waals surface area contributed by atoms with Gasteiger partial charge in [-0.05, 0) is 50.3 Å². The Morgan fingerprint density at radius 1 is 0.917 bits per heavy atom. The molecule has 4 aliphatic rings. The molecule has 0 bridgehead atoms. The lowest BCUT2D eigenvalue weighted by Crippen LogP contribution is -2.33. The van der Waals surface area contributed by atoms with E-state index >= 15 is 0 Å². The average molecular weight is 520 g/mol. The van der Waals surface area contributed by atoms with Gasteiger partial charge in [-0.1, -0.05) is 29.2 Å². The number of ether oxygens (including phenoxy) is 4. The lowest BCUT2D eigenvalue weighted by molar-refractivity contribution is -0.665. The van der Waals surface area contributed by atoms with Crippen molar-refractivity contribution in [2.75, 3.05) is 25.0 Å². The Morgan fingerprint density at radius 2 is 1.67 bits per heavy atom. The number of fused-ring (bicyclic) bond motifs is 4. The van der Waals surface area contributed by atoms with Crippen LogP contribution in [0.2, 0.25) is 0 Å². The van der Waals surface area contributed by atoms with Crippen molar-refractivity contribution < 1.29 is 23.5 Å². The first-order valence-corrected chi connectivity index (χ1v) is 14.1. The molecule has 0 saturated carbocycles. The zero-order valence-electron chi connectivity index (χ0n) is 20.3. The van der Waals surface area contributed by atoms with Gasteiger partial charge in [0.05, 0.1) is 16.8 Å². The molecule has 0 unspecified atom stereocenters. The van der Waals surface area contributed by atoms with Crippen molar-refractivity contribution in [3.63, 3.8) is 0 Å². The molecular formula is C28H27N2O4S2+. The van der Waals surface area contributed by atoms with E-state index in [1.54, 1.807) is 0 Å². The van der Waals surface area contributed by atoms with Gasteiger partial charge in [-0.15, -0.1) is 0 Å². The molecule has 4 heterocycles. The van der Waals surface area contributed by atoms with Crippen LogP contribution in [-0.2, 0) is 6.54 Å². The Bertz CT molecular complexity index is 1490. The maximum Gasteiger partial charge on any atom is 0.263 e. The van der Waals surface area contributed by atoms with Gasteiger partial charge in [0.25, 0.3) is 5.01 Å². The first-order chi connectivity index (χ1) is 17.7. The number of benzene rings is 2. The Morgan fingerprint density at radius 3 is 2.44 bits per heavy atom. The summed E-state index contributed by atoms with van der Waals surface area (Å²) in [5.41, 5.74) is 5.18. The summed E-state index contributed by atoms with van der Waals surface area (Å²) in [5.74, 6) is 3.37. The molecule has 6 nitrogen and oxygen atoms in total. The van der Waals surface area contributed by atoms with E-state index in [-0.39, 0.29) is 0 Å². The second-order valence-corrected chi connectivity index (χ2v) is 11.3. The molecule has 0 atom stereocenters. The van der Waals surface area contributed by atoms with Crippen LogP contribution in [-0.4, -0.2) is 20.1 Å². The lowest BCUT2D eigenvalue weighted by atomic mass is 9.95. The van der Waals surface area contributed by atoms with Crippen molar-refractivity contribution in [1.29, 1.82) is 0 Å². The van der Waals surface area contributed by atoms with Crippen molar-refractivity contribution in [1.82, 2.24) is 0 Å². The Hall–Kier alpha value is -3.10. The van der Waals surface area contributed by atoms with E-state index < -0.39 is 0 Å². The number of nitrogens with zero attached hydrogens (tertiary/aromatic N) is 2. The summed E-state index contributed by atoms with van der Waals surface area (Å²) >= 11 is 3.64. The molecule has 0 saturated heterocycles. The van der Waals surface area contributed by atoms with Crippen LogP contribution in [0.4, 0.5) is 5.69 Å². The quantitative estimate of drug-likeness (QED) is 0.361. The second-order valence-electron chi connectivity index (χ2n) is 9.15. The fraction of sp³-hybridized carbons (Fsp3) is 0.321. The average Bonchev–Trinajstić information content (AvgIpc) is 3.65. The monoisotopic (exact) mass is 519 g/mol. The number of aromatic nitrogens is 1. The zero-order valence-corrected chi connectivity index (χ0v) is 22.0. The molecule has 2 aromatic carbocycles. The van der Waals surface area contributed by atoms with Crippen molar-refractivity contribution in [3.8, 4) is 23.0 Å². The molecule has 1 aromatic heterocycles. The highest BCUT2D eigenvalue weighted by Gasteiger charge is 2.29. The van der Waals surface area contributed by atoms with Gasteiger partial charge < -0.3 is 23.8 Å². The highest BCUT2D eigenvalue weighted by atomic mass is 32.2. The number of rotatable bonds is 4. The molecular weight excluding hydrogens is 492 g/mol. The van der Waals surface area contributed by atoms with Gasteiger partial charge in [0.2, 0.25) is 19.1 Å². The van der Waals surface area contributed by atoms with Gasteiger partial charge >= 0.3 is 0 Å². The fourth-order valence-electron chi connectivity index (χ4n) is 5.27. The van der Waals surface area contributed by atoms with E-state index in [1.807, 2.05) is 23.1 Å². The minimum Gasteiger partial charge on any atom is -0.454 e. The molecule has 3 aliphatic heterocycles. The largest absolute Gasteiger partial charge is 0.454 e. The Labute approximate surface area is 218 Å². The lowest BCUT2D eigenvalue weighted by Gasteiger charge is -2.20. The van der Waals surface area contributed by atoms with Crippen LogP contribution >= 0.6 is 23.1 Å². The van der Waals surface area contributed by atoms with Gasteiger partial charge in [-0.2, -0.15) is 4.57 Å². The topological polar surface area (TPSA) is 44.0 Å². The van der Waals surface area contributed by atoms with Gasteiger partial charge in [0, 0.05) is 35.7 Å². The molecule has 0 radical (unpaired) electrons. The molecule has 0 fully saturated rings. The third-order valence-electron chi connectivity index (χ3n) is 7.00. The summed E-state index contributed by atoms with van der Waals surface area (Å²) in [6, 6.07) is 8.46. The highest BCUT2D eigenvalue weighted by Crippen LogP contribution is 2.51. The molecule has 184 valence electrons. The van der Waals surface area contributed by atoms with Crippen LogP contribution in [0, 0.1) is 0 Å². The normalized spacial score (nSPS) is 20.1. The number of hydrogen-bond acceptors (Lipinski definition) is 7. The highest BCUT2D eigenvalue weighted by molar-refractivity contribution is 8.03. The summed E-state index contributed by atoms with van der Waals surface area (Å²) in [4.78, 5) is 3.61. The standard InChI is InChI=1S/C28H27N2O4S2/c1-3-29-19-11-21-23(33-15-31-21)13-25(19)35-27(29)9-17-6-5-7-18(8-17)10-28-30(4-2)20-12-22-24(34-16-32-22)14-26(20)36-28/h8-14H,3-7,15-16H2,1-2H3/q+1. The Balaban J connectivity index is 1.21. The van der Waals surface area contributed by atoms with Crippen LogP contribution in [0.1, 0.15) is 38.1 Å². The summed E-state index contributed by atoms with van der Waals surface area (Å²) in [6.45, 7) is 6.84. The van der Waals surface area contributed by atoms with Gasteiger partial charge in [0.1, 0.15) is 11.2 Å². The summed E-state index contributed by atoms with van der Waals surface area (Å²) in [6.07, 6.45) is 10.5. The van der Waals surface area contributed by atoms with E-state index in [0.29, 0.717) is 13.6 Å². The maximum atomic E-state index is 5.62. The van der Waals surface area contributed by atoms with Gasteiger partial charge in [-0.3, -0.25) is 0 Å². The second kappa shape index (κ2) is 8.78. The Kier molecular flexibility index (Phi) is 5.40. The summed E-state index contributed by atoms with van der Waals surface area (Å²) < 4.78 is 26.1. The minimum absolute atomic E-state index is 0.307. The van der Waals surface area contributed by atoms with Crippen LogP contribution in [0.5, 0.6) is 23.0 Å². The van der Waals surface area contributed by atoms with Crippen LogP contribution in [0.25, 0.3) is 16.3 Å². The number of allylic oxidation sites excluding steroid dienone is 4. The molecule has 7 rings (SSSR count). The maximum absolute atomic E-state index is 5.62. The van der Waals surface area contributed by atoms with Crippen molar-refractivity contribution in [2.24, 2.45) is 0 Å². The molecule has 36 heavy (non-hydrogen) atoms. The number of thiazole rings is 1. The van der Waals surface area contributed by atoms with Crippen molar-refractivity contribution >= 4 is 45.1 Å². The van der Waals surface area contributed by atoms with Crippen molar-refractivity contribution in [2.45, 2.75) is 44.6 Å². The smallest absolute Gasteiger partial charge is 0.263 e. The summed E-state index contributed by atoms with van der Waals surface area (Å²) in [7, 11) is 0. The third kappa shape index (κ3) is 3.66. The predicted molar refractivity (Wildman–Crippen MR) is 143 cm³/mol. The van der Waals surface area contributed by atoms with E-state index in [9.17, 15) is 0 Å². The molecule has 0 N–H and O–H groups in total. The molecule has 3 aromatic rings. The first-order valence-electron chi connectivity index (χ1n) is 12.5. The molecule has 1 aliphatic carbocycles. The number of anilines is 1. The third-order valence-corrected chi connectivity index (χ3v) is 9.19. The van der Waals surface area contributed by atoms with Crippen molar-refractivity contribution in [3.05, 3.63) is 57.6 Å². The molecule has 8 heteroatoms. The summed E-state index contributed by atoms with van der Waals surface area (Å²) in [5, 5.41) is 2.53. The van der Waals surface area contributed by atoms with Crippen LogP contribution in [0.15, 0.2) is 57.5 Å². The first kappa shape index (κ1) is 22.1. The van der Waals surface area contributed by atoms with E-state index in [4.69, 9.17) is 18.9 Å². The number of thioether (sulfide) groups is 1.